The first kappa shape index (κ1) is 26.1. The van der Waals surface area contributed by atoms with Gasteiger partial charge in [-0.05, 0) is 57.0 Å². The Hall–Kier alpha value is -4.56. The van der Waals surface area contributed by atoms with E-state index in [-0.39, 0.29) is 26.9 Å². The van der Waals surface area contributed by atoms with E-state index in [1.165, 1.54) is 18.2 Å². The minimum Gasteiger partial charge on any atom is -0.507 e. The van der Waals surface area contributed by atoms with Gasteiger partial charge >= 0.3 is 0 Å². The summed E-state index contributed by atoms with van der Waals surface area (Å²) in [5, 5.41) is 21.4. The summed E-state index contributed by atoms with van der Waals surface area (Å²) in [5.74, 6) is -0.0842. The Kier molecular flexibility index (Phi) is 6.66. The topological polar surface area (TPSA) is 113 Å². The molecule has 0 aliphatic heterocycles. The van der Waals surface area contributed by atoms with Gasteiger partial charge in [-0.1, -0.05) is 65.7 Å². The molecule has 0 unspecified atom stereocenters. The molecule has 0 amide bonds. The van der Waals surface area contributed by atoms with E-state index >= 15 is 0 Å². The zero-order valence-corrected chi connectivity index (χ0v) is 22.8. The summed E-state index contributed by atoms with van der Waals surface area (Å²) in [6, 6.07) is 21.8. The van der Waals surface area contributed by atoms with E-state index in [0.29, 0.717) is 11.6 Å². The first-order valence-corrected chi connectivity index (χ1v) is 13.8. The van der Waals surface area contributed by atoms with Crippen molar-refractivity contribution in [1.82, 2.24) is 15.0 Å². The number of aromatic nitrogens is 3. The van der Waals surface area contributed by atoms with Crippen molar-refractivity contribution >= 4 is 9.84 Å². The van der Waals surface area contributed by atoms with E-state index in [4.69, 9.17) is 4.98 Å². The Morgan fingerprint density at radius 1 is 0.564 bits per heavy atom. The normalized spacial score (nSPS) is 11.5. The Morgan fingerprint density at radius 3 is 1.54 bits per heavy atom. The van der Waals surface area contributed by atoms with Gasteiger partial charge in [0, 0.05) is 17.2 Å². The third kappa shape index (κ3) is 4.98. The van der Waals surface area contributed by atoms with Crippen LogP contribution in [0.2, 0.25) is 0 Å². The second kappa shape index (κ2) is 9.96. The van der Waals surface area contributed by atoms with Crippen LogP contribution in [0.4, 0.5) is 0 Å². The largest absolute Gasteiger partial charge is 0.507 e. The average molecular weight is 538 g/mol. The van der Waals surface area contributed by atoms with E-state index in [0.717, 1.165) is 39.4 Å². The number of aromatic hydroxyl groups is 2. The van der Waals surface area contributed by atoms with E-state index in [1.54, 1.807) is 18.2 Å². The molecule has 0 fully saturated rings. The molecule has 7 nitrogen and oxygen atoms in total. The summed E-state index contributed by atoms with van der Waals surface area (Å²) in [4.78, 5) is 13.8. The highest BCUT2D eigenvalue weighted by Crippen LogP contribution is 2.39. The lowest BCUT2D eigenvalue weighted by Crippen LogP contribution is -2.05. The third-order valence-electron chi connectivity index (χ3n) is 6.54. The second-order valence-electron chi connectivity index (χ2n) is 9.60. The monoisotopic (exact) mass is 537 g/mol. The predicted molar refractivity (Wildman–Crippen MR) is 150 cm³/mol. The van der Waals surface area contributed by atoms with Crippen LogP contribution in [-0.2, 0) is 9.84 Å². The molecule has 8 heteroatoms. The minimum atomic E-state index is -4.10. The summed E-state index contributed by atoms with van der Waals surface area (Å²) in [6.07, 6.45) is 0. The zero-order chi connectivity index (χ0) is 27.9. The zero-order valence-electron chi connectivity index (χ0n) is 22.0. The number of hydrogen-bond acceptors (Lipinski definition) is 7. The van der Waals surface area contributed by atoms with Gasteiger partial charge in [0.1, 0.15) is 16.4 Å². The summed E-state index contributed by atoms with van der Waals surface area (Å²) in [6.45, 7) is 7.93. The van der Waals surface area contributed by atoms with Crippen molar-refractivity contribution in [3.05, 3.63) is 101 Å². The molecule has 0 aliphatic carbocycles. The lowest BCUT2D eigenvalue weighted by atomic mass is 10.0. The fraction of sp³-hybridized carbons (Fsp3) is 0.129. The summed E-state index contributed by atoms with van der Waals surface area (Å²) in [7, 11) is -4.10. The standard InChI is InChI=1S/C31H27N3O4S/c1-18-10-12-23(20(3)14-18)29-32-30(24-13-11-19(2)15-21(24)4)34-31(33-29)25-16-28(27(36)17-26(25)35)39(37,38)22-8-6-5-7-9-22/h5-17,35-36H,1-4H3. The van der Waals surface area contributed by atoms with E-state index < -0.39 is 15.6 Å². The second-order valence-corrected chi connectivity index (χ2v) is 11.5. The van der Waals surface area contributed by atoms with Crippen LogP contribution in [0.1, 0.15) is 22.3 Å². The number of aryl methyl sites for hydroxylation is 4. The van der Waals surface area contributed by atoms with Gasteiger partial charge < -0.3 is 10.2 Å². The van der Waals surface area contributed by atoms with Crippen LogP contribution < -0.4 is 0 Å². The molecule has 196 valence electrons. The molecule has 0 bridgehead atoms. The van der Waals surface area contributed by atoms with Crippen molar-refractivity contribution in [2.75, 3.05) is 0 Å². The molecule has 0 saturated carbocycles. The maximum absolute atomic E-state index is 13.4. The first-order valence-electron chi connectivity index (χ1n) is 12.3. The van der Waals surface area contributed by atoms with Gasteiger partial charge in [0.05, 0.1) is 10.5 Å². The molecule has 0 aliphatic rings. The van der Waals surface area contributed by atoms with E-state index in [9.17, 15) is 18.6 Å². The van der Waals surface area contributed by atoms with Gasteiger partial charge in [-0.25, -0.2) is 23.4 Å². The molecule has 0 radical (unpaired) electrons. The Balaban J connectivity index is 1.77. The Labute approximate surface area is 227 Å². The highest BCUT2D eigenvalue weighted by molar-refractivity contribution is 7.91. The van der Waals surface area contributed by atoms with Crippen LogP contribution in [0.15, 0.2) is 88.7 Å². The number of hydrogen-bond donors (Lipinski definition) is 2. The van der Waals surface area contributed by atoms with Crippen LogP contribution in [0.5, 0.6) is 11.5 Å². The number of rotatable bonds is 5. The van der Waals surface area contributed by atoms with E-state index in [1.807, 2.05) is 64.1 Å². The van der Waals surface area contributed by atoms with Crippen LogP contribution in [-0.4, -0.2) is 33.6 Å². The number of sulfone groups is 1. The molecule has 0 atom stereocenters. The maximum atomic E-state index is 13.4. The summed E-state index contributed by atoms with van der Waals surface area (Å²) < 4.78 is 26.8. The molecule has 0 spiro atoms. The fourth-order valence-electron chi connectivity index (χ4n) is 4.54. The molecule has 0 saturated heterocycles. The van der Waals surface area contributed by atoms with Crippen molar-refractivity contribution in [3.63, 3.8) is 0 Å². The molecule has 4 aromatic carbocycles. The molecular formula is C31H27N3O4S. The molecule has 5 aromatic rings. The maximum Gasteiger partial charge on any atom is 0.210 e. The van der Waals surface area contributed by atoms with Crippen molar-refractivity contribution in [1.29, 1.82) is 0 Å². The van der Waals surface area contributed by atoms with Gasteiger partial charge in [-0.2, -0.15) is 0 Å². The highest BCUT2D eigenvalue weighted by atomic mass is 32.2. The van der Waals surface area contributed by atoms with Gasteiger partial charge in [-0.15, -0.1) is 0 Å². The molecule has 2 N–H and O–H groups in total. The smallest absolute Gasteiger partial charge is 0.210 e. The average Bonchev–Trinajstić information content (AvgIpc) is 2.89. The van der Waals surface area contributed by atoms with Crippen molar-refractivity contribution in [2.24, 2.45) is 0 Å². The van der Waals surface area contributed by atoms with Crippen LogP contribution in [0, 0.1) is 27.7 Å². The fourth-order valence-corrected chi connectivity index (χ4v) is 5.92. The van der Waals surface area contributed by atoms with Crippen molar-refractivity contribution in [2.45, 2.75) is 37.5 Å². The molecular weight excluding hydrogens is 510 g/mol. The molecule has 1 heterocycles. The highest BCUT2D eigenvalue weighted by Gasteiger charge is 2.25. The first-order chi connectivity index (χ1) is 18.5. The van der Waals surface area contributed by atoms with Gasteiger partial charge in [0.15, 0.2) is 17.5 Å². The van der Waals surface area contributed by atoms with Gasteiger partial charge in [0.2, 0.25) is 9.84 Å². The summed E-state index contributed by atoms with van der Waals surface area (Å²) >= 11 is 0. The number of nitrogens with zero attached hydrogens (tertiary/aromatic N) is 3. The lowest BCUT2D eigenvalue weighted by Gasteiger charge is -2.14. The molecule has 1 aromatic heterocycles. The SMILES string of the molecule is Cc1ccc(-c2nc(-c3ccc(C)cc3C)nc(-c3cc(S(=O)(=O)c4ccccc4)c(O)cc3O)n2)c(C)c1. The quantitative estimate of drug-likeness (QED) is 0.269. The number of phenols is 2. The van der Waals surface area contributed by atoms with Crippen molar-refractivity contribution in [3.8, 4) is 45.7 Å². The van der Waals surface area contributed by atoms with E-state index in [2.05, 4.69) is 9.97 Å². The Bertz CT molecular complexity index is 1770. The van der Waals surface area contributed by atoms with Crippen LogP contribution >= 0.6 is 0 Å². The number of phenolic OH excluding ortho intramolecular Hbond substituents is 2. The van der Waals surface area contributed by atoms with Gasteiger partial charge in [-0.3, -0.25) is 0 Å². The minimum absolute atomic E-state index is 0.0134. The van der Waals surface area contributed by atoms with Crippen LogP contribution in [0.3, 0.4) is 0 Å². The van der Waals surface area contributed by atoms with Gasteiger partial charge in [0.25, 0.3) is 0 Å². The molecule has 5 rings (SSSR count). The Morgan fingerprint density at radius 2 is 1.05 bits per heavy atom. The van der Waals surface area contributed by atoms with Crippen molar-refractivity contribution < 1.29 is 18.6 Å². The summed E-state index contributed by atoms with van der Waals surface area (Å²) in [5.41, 5.74) is 5.72. The molecule has 39 heavy (non-hydrogen) atoms. The predicted octanol–water partition coefficient (Wildman–Crippen LogP) is 6.35. The third-order valence-corrected chi connectivity index (χ3v) is 8.34. The lowest BCUT2D eigenvalue weighted by molar-refractivity contribution is 0.440. The van der Waals surface area contributed by atoms with Crippen LogP contribution in [0.25, 0.3) is 34.2 Å². The number of benzene rings is 4.